The highest BCUT2D eigenvalue weighted by atomic mass is 32.2. The van der Waals surface area contributed by atoms with Crippen LogP contribution in [0.3, 0.4) is 0 Å². The van der Waals surface area contributed by atoms with Crippen LogP contribution in [0.2, 0.25) is 0 Å². The van der Waals surface area contributed by atoms with Crippen molar-refractivity contribution in [3.63, 3.8) is 0 Å². The maximum Gasteiger partial charge on any atom is 0.243 e. The average Bonchev–Trinajstić information content (AvgIpc) is 2.36. The Labute approximate surface area is 125 Å². The highest BCUT2D eigenvalue weighted by molar-refractivity contribution is 7.89. The Morgan fingerprint density at radius 3 is 2.24 bits per heavy atom. The average molecular weight is 309 g/mol. The largest absolute Gasteiger partial charge is 0.350 e. The quantitative estimate of drug-likeness (QED) is 0.901. The number of sulfonamides is 1. The zero-order chi connectivity index (χ0) is 16.3. The van der Waals surface area contributed by atoms with E-state index in [1.165, 1.54) is 31.3 Å². The summed E-state index contributed by atoms with van der Waals surface area (Å²) in [6, 6.07) is 7.48. The van der Waals surface area contributed by atoms with Crippen LogP contribution < -0.4 is 5.32 Å². The Balaban J connectivity index is 2.87. The highest BCUT2D eigenvalue weighted by Crippen LogP contribution is 2.14. The van der Waals surface area contributed by atoms with Gasteiger partial charge in [0.2, 0.25) is 15.9 Å². The molecular weight excluding hydrogens is 290 g/mol. The summed E-state index contributed by atoms with van der Waals surface area (Å²) in [5.41, 5.74) is -0.0436. The SMILES string of the molecule is CN(CC(=O)NC(C)(C)C)S(=O)(=O)c1ccc(C#N)cc1. The highest BCUT2D eigenvalue weighted by Gasteiger charge is 2.24. The Morgan fingerprint density at radius 1 is 1.29 bits per heavy atom. The molecule has 0 atom stereocenters. The number of likely N-dealkylation sites (N-methyl/N-ethyl adjacent to an activating group) is 1. The minimum Gasteiger partial charge on any atom is -0.350 e. The lowest BCUT2D eigenvalue weighted by Crippen LogP contribution is -2.46. The van der Waals surface area contributed by atoms with Crippen molar-refractivity contribution in [1.82, 2.24) is 9.62 Å². The molecule has 21 heavy (non-hydrogen) atoms. The molecule has 0 radical (unpaired) electrons. The number of nitrogens with zero attached hydrogens (tertiary/aromatic N) is 2. The lowest BCUT2D eigenvalue weighted by molar-refractivity contribution is -0.122. The van der Waals surface area contributed by atoms with Gasteiger partial charge >= 0.3 is 0 Å². The number of amides is 1. The van der Waals surface area contributed by atoms with Gasteiger partial charge in [0.1, 0.15) is 0 Å². The smallest absolute Gasteiger partial charge is 0.243 e. The van der Waals surface area contributed by atoms with E-state index < -0.39 is 15.6 Å². The fourth-order valence-corrected chi connectivity index (χ4v) is 2.75. The predicted molar refractivity (Wildman–Crippen MR) is 78.9 cm³/mol. The molecular formula is C14H19N3O3S. The number of nitrogens with one attached hydrogen (secondary N) is 1. The molecule has 6 nitrogen and oxygen atoms in total. The predicted octanol–water partition coefficient (Wildman–Crippen LogP) is 1.09. The molecule has 0 aliphatic carbocycles. The number of carbonyl (C=O) groups is 1. The molecule has 114 valence electrons. The molecule has 1 aromatic rings. The monoisotopic (exact) mass is 309 g/mol. The van der Waals surface area contributed by atoms with Crippen molar-refractivity contribution in [2.45, 2.75) is 31.2 Å². The van der Waals surface area contributed by atoms with E-state index in [1.54, 1.807) is 0 Å². The third-order valence-corrected chi connectivity index (χ3v) is 4.39. The van der Waals surface area contributed by atoms with E-state index in [1.807, 2.05) is 26.8 Å². The van der Waals surface area contributed by atoms with Gasteiger partial charge in [0.25, 0.3) is 0 Å². The van der Waals surface area contributed by atoms with Gasteiger partial charge in [-0.05, 0) is 45.0 Å². The van der Waals surface area contributed by atoms with E-state index in [9.17, 15) is 13.2 Å². The van der Waals surface area contributed by atoms with Crippen LogP contribution in [-0.4, -0.2) is 37.8 Å². The zero-order valence-electron chi connectivity index (χ0n) is 12.5. The van der Waals surface area contributed by atoms with Crippen molar-refractivity contribution >= 4 is 15.9 Å². The molecule has 0 saturated carbocycles. The lowest BCUT2D eigenvalue weighted by Gasteiger charge is -2.23. The Hall–Kier alpha value is -1.91. The summed E-state index contributed by atoms with van der Waals surface area (Å²) in [6.07, 6.45) is 0. The van der Waals surface area contributed by atoms with Crippen molar-refractivity contribution < 1.29 is 13.2 Å². The van der Waals surface area contributed by atoms with Gasteiger partial charge in [-0.1, -0.05) is 0 Å². The van der Waals surface area contributed by atoms with Crippen LogP contribution in [0.1, 0.15) is 26.3 Å². The van der Waals surface area contributed by atoms with E-state index in [4.69, 9.17) is 5.26 Å². The molecule has 0 bridgehead atoms. The first-order valence-corrected chi connectivity index (χ1v) is 7.78. The standard InChI is InChI=1S/C14H19N3O3S/c1-14(2,3)16-13(18)10-17(4)21(19,20)12-7-5-11(9-15)6-8-12/h5-8H,10H2,1-4H3,(H,16,18). The number of hydrogen-bond acceptors (Lipinski definition) is 4. The van der Waals surface area contributed by atoms with Crippen molar-refractivity contribution in [2.75, 3.05) is 13.6 Å². The van der Waals surface area contributed by atoms with Gasteiger partial charge in [0.15, 0.2) is 0 Å². The van der Waals surface area contributed by atoms with Crippen molar-refractivity contribution in [2.24, 2.45) is 0 Å². The van der Waals surface area contributed by atoms with Crippen LogP contribution in [0.25, 0.3) is 0 Å². The van der Waals surface area contributed by atoms with E-state index in [0.29, 0.717) is 5.56 Å². The topological polar surface area (TPSA) is 90.3 Å². The van der Waals surface area contributed by atoms with E-state index in [0.717, 1.165) is 4.31 Å². The summed E-state index contributed by atoms with van der Waals surface area (Å²) >= 11 is 0. The Morgan fingerprint density at radius 2 is 1.81 bits per heavy atom. The molecule has 1 aromatic carbocycles. The molecule has 0 aliphatic heterocycles. The van der Waals surface area contributed by atoms with Crippen molar-refractivity contribution in [1.29, 1.82) is 5.26 Å². The normalized spacial score (nSPS) is 12.0. The first-order valence-electron chi connectivity index (χ1n) is 6.34. The molecule has 0 spiro atoms. The minimum atomic E-state index is -3.75. The van der Waals surface area contributed by atoms with Crippen LogP contribution in [0, 0.1) is 11.3 Å². The second-order valence-electron chi connectivity index (χ2n) is 5.70. The second kappa shape index (κ2) is 6.24. The molecule has 1 rings (SSSR count). The molecule has 0 fully saturated rings. The van der Waals surface area contributed by atoms with E-state index in [-0.39, 0.29) is 17.3 Å². The summed E-state index contributed by atoms with van der Waals surface area (Å²) < 4.78 is 25.6. The van der Waals surface area contributed by atoms with Crippen LogP contribution in [0.5, 0.6) is 0 Å². The van der Waals surface area contributed by atoms with Gasteiger partial charge < -0.3 is 5.32 Å². The lowest BCUT2D eigenvalue weighted by atomic mass is 10.1. The number of rotatable bonds is 4. The molecule has 7 heteroatoms. The van der Waals surface area contributed by atoms with Gasteiger partial charge in [-0.2, -0.15) is 9.57 Å². The van der Waals surface area contributed by atoms with E-state index in [2.05, 4.69) is 5.32 Å². The minimum absolute atomic E-state index is 0.0487. The third-order valence-electron chi connectivity index (χ3n) is 2.57. The summed E-state index contributed by atoms with van der Waals surface area (Å²) in [5, 5.41) is 11.4. The molecule has 0 aromatic heterocycles. The number of carbonyl (C=O) groups excluding carboxylic acids is 1. The summed E-state index contributed by atoms with van der Waals surface area (Å²) in [6.45, 7) is 5.19. The fourth-order valence-electron chi connectivity index (χ4n) is 1.63. The van der Waals surface area contributed by atoms with Crippen LogP contribution in [0.15, 0.2) is 29.2 Å². The van der Waals surface area contributed by atoms with Crippen LogP contribution >= 0.6 is 0 Å². The van der Waals surface area contributed by atoms with Crippen molar-refractivity contribution in [3.8, 4) is 6.07 Å². The molecule has 0 heterocycles. The zero-order valence-corrected chi connectivity index (χ0v) is 13.4. The molecule has 0 unspecified atom stereocenters. The Kier molecular flexibility index (Phi) is 5.10. The molecule has 0 aliphatic rings. The van der Waals surface area contributed by atoms with Gasteiger partial charge in [-0.25, -0.2) is 8.42 Å². The first kappa shape index (κ1) is 17.1. The maximum atomic E-state index is 12.3. The summed E-state index contributed by atoms with van der Waals surface area (Å²) in [7, 11) is -2.41. The Bertz CT molecular complexity index is 652. The van der Waals surface area contributed by atoms with E-state index >= 15 is 0 Å². The maximum absolute atomic E-state index is 12.3. The molecule has 1 amide bonds. The van der Waals surface area contributed by atoms with Crippen molar-refractivity contribution in [3.05, 3.63) is 29.8 Å². The third kappa shape index (κ3) is 4.85. The van der Waals surface area contributed by atoms with Crippen LogP contribution in [0.4, 0.5) is 0 Å². The van der Waals surface area contributed by atoms with Gasteiger partial charge in [-0.15, -0.1) is 0 Å². The summed E-state index contributed by atoms with van der Waals surface area (Å²) in [4.78, 5) is 11.8. The molecule has 1 N–H and O–H groups in total. The number of benzene rings is 1. The first-order chi connectivity index (χ1) is 9.56. The van der Waals surface area contributed by atoms with Crippen LogP contribution in [-0.2, 0) is 14.8 Å². The summed E-state index contributed by atoms with van der Waals surface area (Å²) in [5.74, 6) is -0.373. The van der Waals surface area contributed by atoms with Gasteiger partial charge in [0.05, 0.1) is 23.1 Å². The number of nitriles is 1. The molecule has 0 saturated heterocycles. The van der Waals surface area contributed by atoms with Gasteiger partial charge in [-0.3, -0.25) is 4.79 Å². The fraction of sp³-hybridized carbons (Fsp3) is 0.429. The number of hydrogen-bond donors (Lipinski definition) is 1. The second-order valence-corrected chi connectivity index (χ2v) is 7.74. The van der Waals surface area contributed by atoms with Gasteiger partial charge in [0, 0.05) is 12.6 Å².